The summed E-state index contributed by atoms with van der Waals surface area (Å²) in [5.41, 5.74) is 2.68. The molecule has 0 N–H and O–H groups in total. The lowest BCUT2D eigenvalue weighted by Gasteiger charge is -2.30. The quantitative estimate of drug-likeness (QED) is 0.183. The largest absolute Gasteiger partial charge is 0.491 e. The van der Waals surface area contributed by atoms with E-state index >= 15 is 0 Å². The smallest absolute Gasteiger partial charge is 0.165 e. The summed E-state index contributed by atoms with van der Waals surface area (Å²) in [6.45, 7) is 5.13. The molecule has 3 rings (SSSR count). The molecular weight excluding hydrogens is 419 g/mol. The van der Waals surface area contributed by atoms with Gasteiger partial charge >= 0.3 is 0 Å². The molecule has 34 heavy (non-hydrogen) atoms. The maximum atomic E-state index is 14.4. The van der Waals surface area contributed by atoms with Crippen LogP contribution in [0.1, 0.15) is 129 Å². The van der Waals surface area contributed by atoms with E-state index in [0.29, 0.717) is 12.4 Å². The maximum absolute atomic E-state index is 14.4. The van der Waals surface area contributed by atoms with Crippen LogP contribution in [0.25, 0.3) is 0 Å². The zero-order valence-electron chi connectivity index (χ0n) is 22.3. The van der Waals surface area contributed by atoms with E-state index in [1.54, 1.807) is 11.6 Å². The molecule has 1 nitrogen and oxygen atoms in total. The van der Waals surface area contributed by atoms with Crippen LogP contribution in [0.15, 0.2) is 29.8 Å². The Bertz CT molecular complexity index is 716. The van der Waals surface area contributed by atoms with Crippen LogP contribution in [0.3, 0.4) is 0 Å². The highest BCUT2D eigenvalue weighted by Gasteiger charge is 2.22. The van der Waals surface area contributed by atoms with Crippen molar-refractivity contribution in [1.82, 2.24) is 0 Å². The molecular formula is C32H51FO. The summed E-state index contributed by atoms with van der Waals surface area (Å²) in [5, 5.41) is 0. The van der Waals surface area contributed by atoms with Crippen molar-refractivity contribution in [2.45, 2.75) is 129 Å². The van der Waals surface area contributed by atoms with E-state index in [-0.39, 0.29) is 5.82 Å². The molecule has 0 amide bonds. The summed E-state index contributed by atoms with van der Waals surface area (Å²) in [7, 11) is 0. The minimum atomic E-state index is -0.204. The van der Waals surface area contributed by atoms with Crippen LogP contribution in [0.2, 0.25) is 0 Å². The number of hydrogen-bond acceptors (Lipinski definition) is 1. The number of benzene rings is 1. The molecule has 0 aromatic heterocycles. The minimum Gasteiger partial charge on any atom is -0.491 e. The van der Waals surface area contributed by atoms with E-state index in [9.17, 15) is 4.39 Å². The third kappa shape index (κ3) is 9.74. The molecule has 0 heterocycles. The molecule has 2 heteroatoms. The van der Waals surface area contributed by atoms with Gasteiger partial charge in [0, 0.05) is 0 Å². The van der Waals surface area contributed by atoms with Crippen LogP contribution in [0.5, 0.6) is 5.75 Å². The van der Waals surface area contributed by atoms with E-state index in [1.807, 2.05) is 12.1 Å². The van der Waals surface area contributed by atoms with Crippen molar-refractivity contribution in [2.24, 2.45) is 17.8 Å². The van der Waals surface area contributed by atoms with Crippen molar-refractivity contribution in [1.29, 1.82) is 0 Å². The number of aryl methyl sites for hydroxylation is 1. The second kappa shape index (κ2) is 15.6. The van der Waals surface area contributed by atoms with Gasteiger partial charge in [0.15, 0.2) is 11.6 Å². The second-order valence-electron chi connectivity index (χ2n) is 11.3. The summed E-state index contributed by atoms with van der Waals surface area (Å²) in [4.78, 5) is 0. The van der Waals surface area contributed by atoms with Gasteiger partial charge in [0.05, 0.1) is 6.61 Å². The Balaban J connectivity index is 1.30. The first-order chi connectivity index (χ1) is 16.7. The summed E-state index contributed by atoms with van der Waals surface area (Å²) < 4.78 is 20.1. The van der Waals surface area contributed by atoms with Gasteiger partial charge in [-0.15, -0.1) is 0 Å². The first-order valence-electron chi connectivity index (χ1n) is 14.8. The topological polar surface area (TPSA) is 9.23 Å². The molecule has 0 aliphatic heterocycles. The number of allylic oxidation sites excluding steroid dienone is 2. The Morgan fingerprint density at radius 2 is 1.53 bits per heavy atom. The number of unbranched alkanes of at least 4 members (excludes halogenated alkanes) is 4. The van der Waals surface area contributed by atoms with Crippen LogP contribution in [0.4, 0.5) is 4.39 Å². The normalized spacial score (nSPS) is 23.0. The van der Waals surface area contributed by atoms with Crippen LogP contribution in [0, 0.1) is 23.6 Å². The molecule has 2 aliphatic carbocycles. The lowest BCUT2D eigenvalue weighted by molar-refractivity contribution is 0.235. The van der Waals surface area contributed by atoms with Gasteiger partial charge in [-0.25, -0.2) is 4.39 Å². The van der Waals surface area contributed by atoms with Crippen molar-refractivity contribution in [3.05, 3.63) is 41.2 Å². The van der Waals surface area contributed by atoms with Crippen molar-refractivity contribution in [3.63, 3.8) is 0 Å². The van der Waals surface area contributed by atoms with Crippen molar-refractivity contribution in [2.75, 3.05) is 6.61 Å². The van der Waals surface area contributed by atoms with Gasteiger partial charge in [0.2, 0.25) is 0 Å². The lowest BCUT2D eigenvalue weighted by Crippen LogP contribution is -2.16. The Morgan fingerprint density at radius 1 is 0.794 bits per heavy atom. The maximum Gasteiger partial charge on any atom is 0.165 e. The summed E-state index contributed by atoms with van der Waals surface area (Å²) in [6.07, 6.45) is 26.1. The molecule has 0 radical (unpaired) electrons. The first-order valence-corrected chi connectivity index (χ1v) is 14.8. The average molecular weight is 471 g/mol. The SMILES string of the molecule is CCCCCCOc1ccc(CCC2=CCC(CCC3CCC(CCCC)CC3)CC2)cc1F. The van der Waals surface area contributed by atoms with E-state index in [0.717, 1.165) is 49.0 Å². The van der Waals surface area contributed by atoms with Crippen molar-refractivity contribution < 1.29 is 9.13 Å². The van der Waals surface area contributed by atoms with E-state index in [4.69, 9.17) is 4.74 Å². The van der Waals surface area contributed by atoms with Gasteiger partial charge in [0.25, 0.3) is 0 Å². The van der Waals surface area contributed by atoms with Gasteiger partial charge in [-0.05, 0) is 80.4 Å². The second-order valence-corrected chi connectivity index (χ2v) is 11.3. The fourth-order valence-corrected chi connectivity index (χ4v) is 6.04. The number of rotatable bonds is 15. The average Bonchev–Trinajstić information content (AvgIpc) is 2.87. The molecule has 0 bridgehead atoms. The minimum absolute atomic E-state index is 0.204. The van der Waals surface area contributed by atoms with E-state index in [1.165, 1.54) is 89.9 Å². The molecule has 1 atom stereocenters. The molecule has 0 saturated heterocycles. The summed E-state index contributed by atoms with van der Waals surface area (Å²) in [5.74, 6) is 3.14. The van der Waals surface area contributed by atoms with Crippen LogP contribution >= 0.6 is 0 Å². The van der Waals surface area contributed by atoms with Gasteiger partial charge in [-0.3, -0.25) is 0 Å². The van der Waals surface area contributed by atoms with Crippen LogP contribution < -0.4 is 4.74 Å². The summed E-state index contributed by atoms with van der Waals surface area (Å²) >= 11 is 0. The molecule has 1 aromatic rings. The highest BCUT2D eigenvalue weighted by molar-refractivity contribution is 5.30. The van der Waals surface area contributed by atoms with E-state index in [2.05, 4.69) is 19.9 Å². The zero-order chi connectivity index (χ0) is 24.0. The first kappa shape index (κ1) is 27.3. The molecule has 1 fully saturated rings. The molecule has 192 valence electrons. The summed E-state index contributed by atoms with van der Waals surface area (Å²) in [6, 6.07) is 5.56. The fourth-order valence-electron chi connectivity index (χ4n) is 6.04. The standard InChI is InChI=1S/C32H51FO/c1-3-5-7-8-24-34-32-23-22-30(25-31(32)33)21-20-29-18-16-28(17-19-29)15-14-27-12-10-26(11-13-27)9-6-4-2/h18,22-23,25-28H,3-17,19-21,24H2,1-2H3. The molecule has 1 saturated carbocycles. The highest BCUT2D eigenvalue weighted by Crippen LogP contribution is 2.37. The number of halogens is 1. The molecule has 0 spiro atoms. The van der Waals surface area contributed by atoms with Crippen molar-refractivity contribution in [3.8, 4) is 5.75 Å². The highest BCUT2D eigenvalue weighted by atomic mass is 19.1. The van der Waals surface area contributed by atoms with Gasteiger partial charge < -0.3 is 4.74 Å². The zero-order valence-corrected chi connectivity index (χ0v) is 22.3. The predicted octanol–water partition coefficient (Wildman–Crippen LogP) is 10.2. The third-order valence-electron chi connectivity index (χ3n) is 8.52. The Labute approximate surface area is 209 Å². The third-order valence-corrected chi connectivity index (χ3v) is 8.52. The Hall–Kier alpha value is -1.31. The predicted molar refractivity (Wildman–Crippen MR) is 144 cm³/mol. The fraction of sp³-hybridized carbons (Fsp3) is 0.750. The number of ether oxygens (including phenoxy) is 1. The monoisotopic (exact) mass is 470 g/mol. The lowest BCUT2D eigenvalue weighted by atomic mass is 9.76. The van der Waals surface area contributed by atoms with Crippen LogP contribution in [-0.2, 0) is 6.42 Å². The Morgan fingerprint density at radius 3 is 2.21 bits per heavy atom. The van der Waals surface area contributed by atoms with E-state index < -0.39 is 0 Å². The van der Waals surface area contributed by atoms with Gasteiger partial charge in [-0.2, -0.15) is 0 Å². The Kier molecular flexibility index (Phi) is 12.5. The van der Waals surface area contributed by atoms with Crippen LogP contribution in [-0.4, -0.2) is 6.61 Å². The van der Waals surface area contributed by atoms with Gasteiger partial charge in [0.1, 0.15) is 0 Å². The molecule has 2 aliphatic rings. The van der Waals surface area contributed by atoms with Gasteiger partial charge in [-0.1, -0.05) is 102 Å². The molecule has 1 aromatic carbocycles. The number of hydrogen-bond donors (Lipinski definition) is 0. The molecule has 1 unspecified atom stereocenters. The van der Waals surface area contributed by atoms with Crippen molar-refractivity contribution >= 4 is 0 Å².